The molecule has 0 amide bonds. The molecule has 0 bridgehead atoms. The summed E-state index contributed by atoms with van der Waals surface area (Å²) in [6.45, 7) is 0.0396. The van der Waals surface area contributed by atoms with Gasteiger partial charge in [0, 0.05) is 0 Å². The first-order valence-corrected chi connectivity index (χ1v) is 5.25. The smallest absolute Gasteiger partial charge is 0.373 e. The number of furan rings is 1. The van der Waals surface area contributed by atoms with Gasteiger partial charge in [-0.3, -0.25) is 0 Å². The Bertz CT molecular complexity index is 547. The predicted octanol–water partition coefficient (Wildman–Crippen LogP) is 2.78. The molecule has 0 radical (unpaired) electrons. The van der Waals surface area contributed by atoms with Crippen LogP contribution in [0.5, 0.6) is 5.75 Å². The largest absolute Gasteiger partial charge is 0.483 e. The lowest BCUT2D eigenvalue weighted by Gasteiger charge is -2.04. The van der Waals surface area contributed by atoms with Crippen LogP contribution in [0.4, 0.5) is 4.39 Å². The van der Waals surface area contributed by atoms with E-state index in [1.54, 1.807) is 18.2 Å². The van der Waals surface area contributed by atoms with Gasteiger partial charge < -0.3 is 13.9 Å². The number of halogens is 1. The molecule has 0 aliphatic carbocycles. The third-order valence-electron chi connectivity index (χ3n) is 2.25. The number of rotatable bonds is 4. The van der Waals surface area contributed by atoms with E-state index in [-0.39, 0.29) is 18.1 Å². The van der Waals surface area contributed by atoms with Crippen LogP contribution < -0.4 is 4.74 Å². The minimum absolute atomic E-state index is 0.0396. The highest BCUT2D eigenvalue weighted by molar-refractivity contribution is 5.86. The van der Waals surface area contributed by atoms with Gasteiger partial charge in [0.15, 0.2) is 11.6 Å². The number of benzene rings is 1. The molecule has 0 aliphatic rings. The summed E-state index contributed by atoms with van der Waals surface area (Å²) in [5.74, 6) is -0.374. The zero-order valence-electron chi connectivity index (χ0n) is 9.68. The van der Waals surface area contributed by atoms with E-state index >= 15 is 0 Å². The van der Waals surface area contributed by atoms with Crippen LogP contribution in [0.15, 0.2) is 40.8 Å². The second kappa shape index (κ2) is 5.35. The van der Waals surface area contributed by atoms with Crippen molar-refractivity contribution in [3.8, 4) is 5.75 Å². The average molecular weight is 250 g/mol. The first-order valence-electron chi connectivity index (χ1n) is 5.25. The van der Waals surface area contributed by atoms with Crippen LogP contribution in [-0.2, 0) is 11.3 Å². The highest BCUT2D eigenvalue weighted by atomic mass is 19.1. The zero-order valence-corrected chi connectivity index (χ0v) is 9.68. The van der Waals surface area contributed by atoms with E-state index < -0.39 is 11.8 Å². The van der Waals surface area contributed by atoms with Crippen molar-refractivity contribution in [3.05, 3.63) is 53.7 Å². The zero-order chi connectivity index (χ0) is 13.0. The Labute approximate surface area is 103 Å². The van der Waals surface area contributed by atoms with Crippen molar-refractivity contribution in [1.82, 2.24) is 0 Å². The number of hydrogen-bond acceptors (Lipinski definition) is 4. The van der Waals surface area contributed by atoms with E-state index in [2.05, 4.69) is 4.74 Å². The summed E-state index contributed by atoms with van der Waals surface area (Å²) in [4.78, 5) is 11.1. The van der Waals surface area contributed by atoms with Crippen molar-refractivity contribution < 1.29 is 23.1 Å². The van der Waals surface area contributed by atoms with Gasteiger partial charge in [-0.1, -0.05) is 12.1 Å². The lowest BCUT2D eigenvalue weighted by Crippen LogP contribution is -1.99. The summed E-state index contributed by atoms with van der Waals surface area (Å²) in [5.41, 5.74) is 0. The summed E-state index contributed by atoms with van der Waals surface area (Å²) in [5, 5.41) is 0. The lowest BCUT2D eigenvalue weighted by atomic mass is 10.3. The molecule has 1 aromatic heterocycles. The molecule has 0 atom stereocenters. The molecule has 4 nitrogen and oxygen atoms in total. The minimum Gasteiger partial charge on any atom is -0.483 e. The number of para-hydroxylation sites is 1. The quantitative estimate of drug-likeness (QED) is 0.783. The van der Waals surface area contributed by atoms with Gasteiger partial charge in [-0.25, -0.2) is 9.18 Å². The third kappa shape index (κ3) is 2.68. The molecule has 0 saturated carbocycles. The summed E-state index contributed by atoms with van der Waals surface area (Å²) in [6, 6.07) is 9.11. The highest BCUT2D eigenvalue weighted by Gasteiger charge is 2.11. The van der Waals surface area contributed by atoms with Gasteiger partial charge in [0.25, 0.3) is 0 Å². The lowest BCUT2D eigenvalue weighted by molar-refractivity contribution is 0.0561. The number of carbonyl (C=O) groups excluding carboxylic acids is 1. The first-order chi connectivity index (χ1) is 8.70. The number of hydrogen-bond donors (Lipinski definition) is 0. The fourth-order valence-electron chi connectivity index (χ4n) is 1.38. The van der Waals surface area contributed by atoms with Crippen molar-refractivity contribution >= 4 is 5.97 Å². The Balaban J connectivity index is 2.01. The maximum absolute atomic E-state index is 13.3. The molecule has 0 saturated heterocycles. The molecule has 18 heavy (non-hydrogen) atoms. The van der Waals surface area contributed by atoms with Crippen LogP contribution in [0.2, 0.25) is 0 Å². The Kier molecular flexibility index (Phi) is 3.62. The van der Waals surface area contributed by atoms with Crippen LogP contribution in [-0.4, -0.2) is 13.1 Å². The second-order valence-electron chi connectivity index (χ2n) is 3.48. The molecule has 0 spiro atoms. The molecule has 1 heterocycles. The Hall–Kier alpha value is -2.30. The topological polar surface area (TPSA) is 48.7 Å². The van der Waals surface area contributed by atoms with Crippen molar-refractivity contribution in [1.29, 1.82) is 0 Å². The molecule has 0 N–H and O–H groups in total. The van der Waals surface area contributed by atoms with E-state index in [0.717, 1.165) is 0 Å². The normalized spacial score (nSPS) is 10.1. The molecule has 2 rings (SSSR count). The third-order valence-corrected chi connectivity index (χ3v) is 2.25. The van der Waals surface area contributed by atoms with Gasteiger partial charge in [0.1, 0.15) is 12.4 Å². The number of carbonyl (C=O) groups is 1. The highest BCUT2D eigenvalue weighted by Crippen LogP contribution is 2.18. The minimum atomic E-state index is -0.563. The van der Waals surface area contributed by atoms with Gasteiger partial charge in [0.2, 0.25) is 5.76 Å². The summed E-state index contributed by atoms with van der Waals surface area (Å²) in [6.07, 6.45) is 0. The summed E-state index contributed by atoms with van der Waals surface area (Å²) in [7, 11) is 1.26. The summed E-state index contributed by atoms with van der Waals surface area (Å²) < 4.78 is 28.2. The number of methoxy groups -OCH3 is 1. The Morgan fingerprint density at radius 3 is 2.78 bits per heavy atom. The standard InChI is InChI=1S/C13H11FO4/c1-16-13(15)12-7-6-9(18-12)8-17-11-5-3-2-4-10(11)14/h2-7H,8H2,1H3. The SMILES string of the molecule is COC(=O)c1ccc(COc2ccccc2F)o1. The van der Waals surface area contributed by atoms with E-state index in [1.807, 2.05) is 0 Å². The fourth-order valence-corrected chi connectivity index (χ4v) is 1.38. The van der Waals surface area contributed by atoms with Gasteiger partial charge >= 0.3 is 5.97 Å². The van der Waals surface area contributed by atoms with E-state index in [4.69, 9.17) is 9.15 Å². The molecule has 94 valence electrons. The number of esters is 1. The van der Waals surface area contributed by atoms with Gasteiger partial charge in [-0.15, -0.1) is 0 Å². The molecule has 2 aromatic rings. The van der Waals surface area contributed by atoms with Crippen LogP contribution in [0.25, 0.3) is 0 Å². The van der Waals surface area contributed by atoms with E-state index in [0.29, 0.717) is 5.76 Å². The molecule has 1 aromatic carbocycles. The van der Waals surface area contributed by atoms with Crippen molar-refractivity contribution in [2.75, 3.05) is 7.11 Å². The Morgan fingerprint density at radius 1 is 1.28 bits per heavy atom. The maximum atomic E-state index is 13.3. The average Bonchev–Trinajstić information content (AvgIpc) is 2.86. The summed E-state index contributed by atoms with van der Waals surface area (Å²) >= 11 is 0. The van der Waals surface area contributed by atoms with Gasteiger partial charge in [-0.05, 0) is 24.3 Å². The fraction of sp³-hybridized carbons (Fsp3) is 0.154. The Morgan fingerprint density at radius 2 is 2.06 bits per heavy atom. The van der Waals surface area contributed by atoms with Gasteiger partial charge in [-0.2, -0.15) is 0 Å². The van der Waals surface area contributed by atoms with Gasteiger partial charge in [0.05, 0.1) is 7.11 Å². The second-order valence-corrected chi connectivity index (χ2v) is 3.48. The van der Waals surface area contributed by atoms with Crippen LogP contribution in [0, 0.1) is 5.82 Å². The van der Waals surface area contributed by atoms with E-state index in [1.165, 1.54) is 25.3 Å². The monoisotopic (exact) mass is 250 g/mol. The first kappa shape index (κ1) is 12.2. The van der Waals surface area contributed by atoms with E-state index in [9.17, 15) is 9.18 Å². The molecular weight excluding hydrogens is 239 g/mol. The van der Waals surface area contributed by atoms with Crippen LogP contribution >= 0.6 is 0 Å². The van der Waals surface area contributed by atoms with Crippen molar-refractivity contribution in [2.45, 2.75) is 6.61 Å². The molecule has 0 fully saturated rings. The predicted molar refractivity (Wildman–Crippen MR) is 60.8 cm³/mol. The maximum Gasteiger partial charge on any atom is 0.373 e. The van der Waals surface area contributed by atoms with Crippen molar-refractivity contribution in [3.63, 3.8) is 0 Å². The molecule has 5 heteroatoms. The molecular formula is C13H11FO4. The van der Waals surface area contributed by atoms with Crippen LogP contribution in [0.1, 0.15) is 16.3 Å². The molecule has 0 aliphatic heterocycles. The van der Waals surface area contributed by atoms with Crippen LogP contribution in [0.3, 0.4) is 0 Å². The molecule has 0 unspecified atom stereocenters. The van der Waals surface area contributed by atoms with Crippen molar-refractivity contribution in [2.24, 2.45) is 0 Å². The number of ether oxygens (including phenoxy) is 2.